The predicted octanol–water partition coefficient (Wildman–Crippen LogP) is 1.74. The van der Waals surface area contributed by atoms with Crippen LogP contribution in [0, 0.1) is 0 Å². The van der Waals surface area contributed by atoms with E-state index >= 15 is 0 Å². The van der Waals surface area contributed by atoms with Crippen LogP contribution in [0.15, 0.2) is 22.7 Å². The molecule has 0 bridgehead atoms. The highest BCUT2D eigenvalue weighted by Gasteiger charge is 2.62. The first-order chi connectivity index (χ1) is 6.74. The zero-order valence-corrected chi connectivity index (χ0v) is 9.25. The van der Waals surface area contributed by atoms with Gasteiger partial charge in [0.05, 0.1) is 17.7 Å². The number of halogens is 1. The lowest BCUT2D eigenvalue weighted by Gasteiger charge is -2.37. The minimum Gasteiger partial charge on any atom is -0.358 e. The van der Waals surface area contributed by atoms with Crippen molar-refractivity contribution in [3.63, 3.8) is 0 Å². The Morgan fingerprint density at radius 2 is 2.14 bits per heavy atom. The number of epoxide rings is 1. The number of ether oxygens (including phenoxy) is 3. The van der Waals surface area contributed by atoms with Crippen molar-refractivity contribution in [3.8, 4) is 0 Å². The van der Waals surface area contributed by atoms with Crippen LogP contribution in [0.3, 0.4) is 0 Å². The van der Waals surface area contributed by atoms with Crippen LogP contribution in [0.1, 0.15) is 6.42 Å². The molecule has 0 radical (unpaired) electrons. The van der Waals surface area contributed by atoms with Gasteiger partial charge < -0.3 is 14.2 Å². The molecule has 3 rings (SSSR count). The van der Waals surface area contributed by atoms with E-state index in [9.17, 15) is 0 Å². The first-order valence-corrected chi connectivity index (χ1v) is 5.53. The Balaban J connectivity index is 1.97. The summed E-state index contributed by atoms with van der Waals surface area (Å²) >= 11 is 3.48. The quantitative estimate of drug-likeness (QED) is 0.621. The predicted molar refractivity (Wildman–Crippen MR) is 54.1 cm³/mol. The first kappa shape index (κ1) is 9.09. The highest BCUT2D eigenvalue weighted by Crippen LogP contribution is 2.50. The van der Waals surface area contributed by atoms with Gasteiger partial charge in [0.25, 0.3) is 0 Å². The molecule has 0 aromatic carbocycles. The van der Waals surface area contributed by atoms with E-state index in [1.165, 1.54) is 0 Å². The lowest BCUT2D eigenvalue weighted by Crippen LogP contribution is -2.48. The zero-order chi connectivity index (χ0) is 9.76. The van der Waals surface area contributed by atoms with Crippen molar-refractivity contribution in [2.45, 2.75) is 24.4 Å². The summed E-state index contributed by atoms with van der Waals surface area (Å²) in [5.74, 6) is -0.676. The van der Waals surface area contributed by atoms with E-state index < -0.39 is 5.79 Å². The van der Waals surface area contributed by atoms with E-state index in [4.69, 9.17) is 14.2 Å². The molecule has 2 saturated heterocycles. The summed E-state index contributed by atoms with van der Waals surface area (Å²) in [6.07, 6.45) is 2.98. The van der Waals surface area contributed by atoms with Gasteiger partial charge >= 0.3 is 0 Å². The summed E-state index contributed by atoms with van der Waals surface area (Å²) in [4.78, 5) is 0. The fourth-order valence-electron chi connectivity index (χ4n) is 2.02. The van der Waals surface area contributed by atoms with Gasteiger partial charge in [-0.2, -0.15) is 0 Å². The van der Waals surface area contributed by atoms with Crippen LogP contribution in [0.25, 0.3) is 0 Å². The van der Waals surface area contributed by atoms with E-state index in [0.717, 1.165) is 29.7 Å². The summed E-state index contributed by atoms with van der Waals surface area (Å²) in [7, 11) is 0. The van der Waals surface area contributed by atoms with Crippen molar-refractivity contribution in [2.24, 2.45) is 0 Å². The lowest BCUT2D eigenvalue weighted by atomic mass is 9.97. The number of hydrogen-bond donors (Lipinski definition) is 0. The molecule has 3 nitrogen and oxygen atoms in total. The van der Waals surface area contributed by atoms with Crippen LogP contribution in [-0.4, -0.2) is 31.2 Å². The molecule has 0 unspecified atom stereocenters. The van der Waals surface area contributed by atoms with Crippen molar-refractivity contribution in [1.29, 1.82) is 0 Å². The Hall–Kier alpha value is -0.160. The normalized spacial score (nSPS) is 39.2. The highest BCUT2D eigenvalue weighted by molar-refractivity contribution is 9.11. The van der Waals surface area contributed by atoms with Crippen molar-refractivity contribution in [1.82, 2.24) is 0 Å². The van der Waals surface area contributed by atoms with E-state index in [2.05, 4.69) is 22.5 Å². The van der Waals surface area contributed by atoms with Crippen LogP contribution in [0.5, 0.6) is 0 Å². The minimum atomic E-state index is -0.676. The second-order valence-electron chi connectivity index (χ2n) is 3.76. The SMILES string of the molecule is C=C1C=C(Br)C2(OCCCO2)[C@@H]2O[C@H]12. The molecule has 0 N–H and O–H groups in total. The Bertz CT molecular complexity index is 317. The second-order valence-corrected chi connectivity index (χ2v) is 4.62. The van der Waals surface area contributed by atoms with Crippen LogP contribution in [0.2, 0.25) is 0 Å². The van der Waals surface area contributed by atoms with E-state index in [1.807, 2.05) is 6.08 Å². The Morgan fingerprint density at radius 1 is 1.43 bits per heavy atom. The lowest BCUT2D eigenvalue weighted by molar-refractivity contribution is -0.247. The summed E-state index contributed by atoms with van der Waals surface area (Å²) in [6, 6.07) is 0. The van der Waals surface area contributed by atoms with Crippen molar-refractivity contribution >= 4 is 15.9 Å². The smallest absolute Gasteiger partial charge is 0.231 e. The number of fused-ring (bicyclic) bond motifs is 2. The molecule has 2 fully saturated rings. The monoisotopic (exact) mass is 258 g/mol. The van der Waals surface area contributed by atoms with Crippen LogP contribution < -0.4 is 0 Å². The van der Waals surface area contributed by atoms with Gasteiger partial charge in [-0.15, -0.1) is 0 Å². The van der Waals surface area contributed by atoms with E-state index in [0.29, 0.717) is 0 Å². The topological polar surface area (TPSA) is 31.0 Å². The van der Waals surface area contributed by atoms with Crippen molar-refractivity contribution < 1.29 is 14.2 Å². The molecule has 3 aliphatic rings. The molecule has 1 spiro atoms. The van der Waals surface area contributed by atoms with Gasteiger partial charge in [-0.25, -0.2) is 0 Å². The first-order valence-electron chi connectivity index (χ1n) is 4.74. The van der Waals surface area contributed by atoms with Crippen molar-refractivity contribution in [2.75, 3.05) is 13.2 Å². The third-order valence-corrected chi connectivity index (χ3v) is 3.58. The molecule has 2 heterocycles. The average Bonchev–Trinajstić information content (AvgIpc) is 2.97. The van der Waals surface area contributed by atoms with Gasteiger partial charge in [-0.05, 0) is 34.0 Å². The zero-order valence-electron chi connectivity index (χ0n) is 7.66. The maximum absolute atomic E-state index is 5.72. The largest absolute Gasteiger partial charge is 0.358 e. The maximum Gasteiger partial charge on any atom is 0.231 e. The van der Waals surface area contributed by atoms with Crippen LogP contribution in [0.4, 0.5) is 0 Å². The fraction of sp³-hybridized carbons (Fsp3) is 0.600. The second kappa shape index (κ2) is 2.92. The minimum absolute atomic E-state index is 0.00493. The maximum atomic E-state index is 5.72. The Labute approximate surface area is 90.8 Å². The summed E-state index contributed by atoms with van der Waals surface area (Å²) in [5, 5.41) is 0. The molecule has 2 aliphatic heterocycles. The van der Waals surface area contributed by atoms with Gasteiger partial charge in [0.15, 0.2) is 0 Å². The Kier molecular flexibility index (Phi) is 1.89. The third kappa shape index (κ3) is 1.08. The van der Waals surface area contributed by atoms with Crippen molar-refractivity contribution in [3.05, 3.63) is 22.7 Å². The summed E-state index contributed by atoms with van der Waals surface area (Å²) in [5.41, 5.74) is 0.991. The molecule has 76 valence electrons. The summed E-state index contributed by atoms with van der Waals surface area (Å²) in [6.45, 7) is 5.37. The van der Waals surface area contributed by atoms with E-state index in [-0.39, 0.29) is 12.2 Å². The van der Waals surface area contributed by atoms with E-state index in [1.54, 1.807) is 0 Å². The molecule has 0 aromatic heterocycles. The van der Waals surface area contributed by atoms with Gasteiger partial charge in [0.2, 0.25) is 5.79 Å². The number of hydrogen-bond acceptors (Lipinski definition) is 3. The molecule has 0 saturated carbocycles. The standard InChI is InChI=1S/C10H11BrO3/c1-6-5-7(11)10(9-8(6)14-9)12-3-2-4-13-10/h5,8-9H,1-4H2/t8-,9-/m1/s1. The molecule has 4 heteroatoms. The molecule has 14 heavy (non-hydrogen) atoms. The fourth-order valence-corrected chi connectivity index (χ4v) is 2.76. The van der Waals surface area contributed by atoms with Crippen LogP contribution >= 0.6 is 15.9 Å². The van der Waals surface area contributed by atoms with Gasteiger partial charge in [-0.3, -0.25) is 0 Å². The highest BCUT2D eigenvalue weighted by atomic mass is 79.9. The van der Waals surface area contributed by atoms with Crippen LogP contribution in [-0.2, 0) is 14.2 Å². The van der Waals surface area contributed by atoms with Gasteiger partial charge in [0.1, 0.15) is 12.2 Å². The molecular formula is C10H11BrO3. The van der Waals surface area contributed by atoms with Gasteiger partial charge in [0, 0.05) is 0 Å². The van der Waals surface area contributed by atoms with Gasteiger partial charge in [-0.1, -0.05) is 6.58 Å². The average molecular weight is 259 g/mol. The summed E-state index contributed by atoms with van der Waals surface area (Å²) < 4.78 is 17.9. The molecule has 0 aromatic rings. The molecule has 1 aliphatic carbocycles. The number of rotatable bonds is 0. The Morgan fingerprint density at radius 3 is 2.86 bits per heavy atom. The molecular weight excluding hydrogens is 248 g/mol. The molecule has 2 atom stereocenters. The molecule has 0 amide bonds. The third-order valence-electron chi connectivity index (χ3n) is 2.80.